The quantitative estimate of drug-likeness (QED) is 0.519. The number of carbonyl (C=O) groups excluding carboxylic acids is 1. The third-order valence-corrected chi connectivity index (χ3v) is 5.33. The van der Waals surface area contributed by atoms with E-state index in [1.54, 1.807) is 0 Å². The number of para-hydroxylation sites is 1. The van der Waals surface area contributed by atoms with Gasteiger partial charge in [-0.05, 0) is 55.0 Å². The van der Waals surface area contributed by atoms with Crippen LogP contribution in [0.3, 0.4) is 0 Å². The van der Waals surface area contributed by atoms with Crippen LogP contribution in [0.4, 0.5) is 0 Å². The fraction of sp³-hybridized carbons (Fsp3) is 0.231. The lowest BCUT2D eigenvalue weighted by molar-refractivity contribution is 0.0954. The van der Waals surface area contributed by atoms with E-state index < -0.39 is 0 Å². The first-order valence-corrected chi connectivity index (χ1v) is 10.5. The lowest BCUT2D eigenvalue weighted by Gasteiger charge is -2.13. The first-order chi connectivity index (χ1) is 14.8. The van der Waals surface area contributed by atoms with Gasteiger partial charge in [-0.15, -0.1) is 0 Å². The van der Waals surface area contributed by atoms with Gasteiger partial charge in [0.15, 0.2) is 0 Å². The van der Waals surface area contributed by atoms with Crippen LogP contribution in [0.2, 0.25) is 0 Å². The summed E-state index contributed by atoms with van der Waals surface area (Å²) in [6, 6.07) is 25.7. The summed E-state index contributed by atoms with van der Waals surface area (Å²) in [6.45, 7) is 0.439. The Kier molecular flexibility index (Phi) is 6.55. The van der Waals surface area contributed by atoms with Crippen molar-refractivity contribution in [3.63, 3.8) is 0 Å². The average molecular weight is 399 g/mol. The van der Waals surface area contributed by atoms with Gasteiger partial charge in [-0.2, -0.15) is 5.10 Å². The van der Waals surface area contributed by atoms with Gasteiger partial charge in [0, 0.05) is 16.8 Å². The second kappa shape index (κ2) is 9.88. The van der Waals surface area contributed by atoms with E-state index in [0.717, 1.165) is 53.8 Å². The molecule has 1 saturated carbocycles. The minimum atomic E-state index is -0.171. The summed E-state index contributed by atoms with van der Waals surface area (Å²) < 4.78 is 6.08. The largest absolute Gasteiger partial charge is 0.488 e. The van der Waals surface area contributed by atoms with Crippen LogP contribution in [0.25, 0.3) is 11.1 Å². The van der Waals surface area contributed by atoms with Gasteiger partial charge in [-0.1, -0.05) is 67.1 Å². The number of nitrogens with one attached hydrogen (secondary N) is 1. The minimum Gasteiger partial charge on any atom is -0.488 e. The van der Waals surface area contributed by atoms with Gasteiger partial charge < -0.3 is 4.74 Å². The Bertz CT molecular complexity index is 1000. The Hall–Kier alpha value is -3.40. The van der Waals surface area contributed by atoms with Gasteiger partial charge >= 0.3 is 0 Å². The molecule has 4 heteroatoms. The number of amides is 1. The SMILES string of the molecule is O=C(NN=C1CCCCC1)c1ccc(COc2ccccc2-c2ccccc2)cc1. The zero-order valence-electron chi connectivity index (χ0n) is 17.0. The predicted molar refractivity (Wildman–Crippen MR) is 121 cm³/mol. The second-order valence-corrected chi connectivity index (χ2v) is 7.53. The summed E-state index contributed by atoms with van der Waals surface area (Å²) in [5.74, 6) is 0.670. The number of benzene rings is 3. The summed E-state index contributed by atoms with van der Waals surface area (Å²) in [4.78, 5) is 12.3. The molecule has 4 rings (SSSR count). The number of hydrazone groups is 1. The van der Waals surface area contributed by atoms with Crippen LogP contribution in [-0.4, -0.2) is 11.6 Å². The van der Waals surface area contributed by atoms with Crippen LogP contribution in [0, 0.1) is 0 Å². The Morgan fingerprint density at radius 3 is 2.30 bits per heavy atom. The lowest BCUT2D eigenvalue weighted by Crippen LogP contribution is -2.20. The third-order valence-electron chi connectivity index (χ3n) is 5.33. The fourth-order valence-electron chi connectivity index (χ4n) is 3.63. The first kappa shape index (κ1) is 19.9. The molecule has 0 unspecified atom stereocenters. The molecule has 0 radical (unpaired) electrons. The van der Waals surface area contributed by atoms with Crippen LogP contribution in [0.15, 0.2) is 84.0 Å². The highest BCUT2D eigenvalue weighted by Gasteiger charge is 2.10. The van der Waals surface area contributed by atoms with Crippen molar-refractivity contribution in [1.82, 2.24) is 5.43 Å². The van der Waals surface area contributed by atoms with E-state index in [-0.39, 0.29) is 5.91 Å². The molecule has 1 aliphatic rings. The maximum Gasteiger partial charge on any atom is 0.271 e. The maximum atomic E-state index is 12.3. The van der Waals surface area contributed by atoms with E-state index in [2.05, 4.69) is 28.7 Å². The molecule has 0 heterocycles. The van der Waals surface area contributed by atoms with Crippen molar-refractivity contribution in [2.45, 2.75) is 38.7 Å². The molecule has 0 aliphatic heterocycles. The number of nitrogens with zero attached hydrogens (tertiary/aromatic N) is 1. The van der Waals surface area contributed by atoms with Crippen molar-refractivity contribution >= 4 is 11.6 Å². The summed E-state index contributed by atoms with van der Waals surface area (Å²) >= 11 is 0. The summed E-state index contributed by atoms with van der Waals surface area (Å²) in [6.07, 6.45) is 5.56. The third kappa shape index (κ3) is 5.15. The summed E-state index contributed by atoms with van der Waals surface area (Å²) in [7, 11) is 0. The smallest absolute Gasteiger partial charge is 0.271 e. The number of hydrogen-bond donors (Lipinski definition) is 1. The molecular weight excluding hydrogens is 372 g/mol. The van der Waals surface area contributed by atoms with Gasteiger partial charge in [0.25, 0.3) is 5.91 Å². The zero-order valence-corrected chi connectivity index (χ0v) is 17.0. The maximum absolute atomic E-state index is 12.3. The fourth-order valence-corrected chi connectivity index (χ4v) is 3.63. The molecular formula is C26H26N2O2. The van der Waals surface area contributed by atoms with E-state index in [9.17, 15) is 4.79 Å². The summed E-state index contributed by atoms with van der Waals surface area (Å²) in [5, 5.41) is 4.29. The van der Waals surface area contributed by atoms with Crippen molar-refractivity contribution in [3.05, 3.63) is 90.0 Å². The summed E-state index contributed by atoms with van der Waals surface area (Å²) in [5.41, 5.74) is 7.58. The van der Waals surface area contributed by atoms with E-state index >= 15 is 0 Å². The van der Waals surface area contributed by atoms with Crippen molar-refractivity contribution in [2.24, 2.45) is 5.10 Å². The number of rotatable bonds is 6. The van der Waals surface area contributed by atoms with Crippen molar-refractivity contribution in [2.75, 3.05) is 0 Å². The van der Waals surface area contributed by atoms with Crippen molar-refractivity contribution in [3.8, 4) is 16.9 Å². The highest BCUT2D eigenvalue weighted by Crippen LogP contribution is 2.30. The molecule has 30 heavy (non-hydrogen) atoms. The van der Waals surface area contributed by atoms with Crippen LogP contribution >= 0.6 is 0 Å². The molecule has 4 nitrogen and oxygen atoms in total. The Morgan fingerprint density at radius 2 is 1.53 bits per heavy atom. The van der Waals surface area contributed by atoms with E-state index in [1.165, 1.54) is 6.42 Å². The average Bonchev–Trinajstić information content (AvgIpc) is 2.83. The molecule has 0 atom stereocenters. The van der Waals surface area contributed by atoms with E-state index in [1.807, 2.05) is 60.7 Å². The molecule has 152 valence electrons. The number of carbonyl (C=O) groups is 1. The molecule has 1 amide bonds. The Balaban J connectivity index is 1.37. The Labute approximate surface area is 177 Å². The van der Waals surface area contributed by atoms with Gasteiger partial charge in [-0.3, -0.25) is 4.79 Å². The molecule has 3 aromatic carbocycles. The van der Waals surface area contributed by atoms with Crippen molar-refractivity contribution < 1.29 is 9.53 Å². The van der Waals surface area contributed by atoms with Crippen LogP contribution in [-0.2, 0) is 6.61 Å². The molecule has 1 fully saturated rings. The van der Waals surface area contributed by atoms with Crippen LogP contribution in [0.5, 0.6) is 5.75 Å². The second-order valence-electron chi connectivity index (χ2n) is 7.53. The Morgan fingerprint density at radius 1 is 0.833 bits per heavy atom. The van der Waals surface area contributed by atoms with Crippen molar-refractivity contribution in [1.29, 1.82) is 0 Å². The monoisotopic (exact) mass is 398 g/mol. The normalized spacial score (nSPS) is 13.5. The van der Waals surface area contributed by atoms with Crippen LogP contribution < -0.4 is 10.2 Å². The van der Waals surface area contributed by atoms with E-state index in [0.29, 0.717) is 12.2 Å². The highest BCUT2D eigenvalue weighted by atomic mass is 16.5. The highest BCUT2D eigenvalue weighted by molar-refractivity contribution is 5.95. The minimum absolute atomic E-state index is 0.171. The van der Waals surface area contributed by atoms with Gasteiger partial charge in [-0.25, -0.2) is 5.43 Å². The number of ether oxygens (including phenoxy) is 1. The van der Waals surface area contributed by atoms with Crippen LogP contribution in [0.1, 0.15) is 48.0 Å². The first-order valence-electron chi connectivity index (χ1n) is 10.5. The standard InChI is InChI=1S/C26H26N2O2/c29-26(28-27-23-11-5-2-6-12-23)22-17-15-20(16-18-22)19-30-25-14-8-7-13-24(25)21-9-3-1-4-10-21/h1,3-4,7-10,13-18H,2,5-6,11-12,19H2,(H,28,29). The molecule has 1 aliphatic carbocycles. The molecule has 0 saturated heterocycles. The molecule has 0 spiro atoms. The zero-order chi connectivity index (χ0) is 20.6. The molecule has 0 aromatic heterocycles. The predicted octanol–water partition coefficient (Wildman–Crippen LogP) is 5.98. The van der Waals surface area contributed by atoms with Gasteiger partial charge in [0.1, 0.15) is 12.4 Å². The number of hydrogen-bond acceptors (Lipinski definition) is 3. The molecule has 3 aromatic rings. The lowest BCUT2D eigenvalue weighted by atomic mass is 9.99. The topological polar surface area (TPSA) is 50.7 Å². The van der Waals surface area contributed by atoms with Gasteiger partial charge in [0.2, 0.25) is 0 Å². The molecule has 0 bridgehead atoms. The van der Waals surface area contributed by atoms with E-state index in [4.69, 9.17) is 4.74 Å². The van der Waals surface area contributed by atoms with Gasteiger partial charge in [0.05, 0.1) is 0 Å². The molecule has 1 N–H and O–H groups in total.